The first-order valence-electron chi connectivity index (χ1n) is 17.7. The van der Waals surface area contributed by atoms with E-state index >= 15 is 0 Å². The van der Waals surface area contributed by atoms with E-state index in [0.29, 0.717) is 54.5 Å². The molecule has 1 aromatic rings. The van der Waals surface area contributed by atoms with Gasteiger partial charge in [-0.25, -0.2) is 0 Å². The average molecular weight is 789 g/mol. The minimum absolute atomic E-state index is 0.0268. The molecular formula is C41H56O11S2. The Morgan fingerprint density at radius 1 is 0.648 bits per heavy atom. The van der Waals surface area contributed by atoms with Gasteiger partial charge in [0.1, 0.15) is 37.7 Å². The number of aryl methyl sites for hydroxylation is 1. The molecule has 1 aromatic carbocycles. The van der Waals surface area contributed by atoms with Crippen LogP contribution in [0.5, 0.6) is 0 Å². The molecule has 298 valence electrons. The van der Waals surface area contributed by atoms with Crippen LogP contribution in [0.15, 0.2) is 65.3 Å². The van der Waals surface area contributed by atoms with E-state index in [1.165, 1.54) is 17.3 Å². The molecule has 0 spiro atoms. The summed E-state index contributed by atoms with van der Waals surface area (Å²) < 4.78 is 9.81. The molecule has 0 radical (unpaired) electrons. The van der Waals surface area contributed by atoms with Crippen molar-refractivity contribution in [1.82, 2.24) is 0 Å². The number of carbonyl (C=O) groups is 9. The largest absolute Gasteiger partial charge is 0.466 e. The Labute approximate surface area is 328 Å². The van der Waals surface area contributed by atoms with E-state index in [1.807, 2.05) is 36.6 Å². The van der Waals surface area contributed by atoms with Crippen LogP contribution < -0.4 is 0 Å². The van der Waals surface area contributed by atoms with Crippen molar-refractivity contribution in [1.29, 1.82) is 0 Å². The molecule has 0 unspecified atom stereocenters. The zero-order valence-electron chi connectivity index (χ0n) is 32.1. The highest BCUT2D eigenvalue weighted by molar-refractivity contribution is 8.13. The number of allylic oxidation sites excluding steroid dienone is 6. The van der Waals surface area contributed by atoms with E-state index in [2.05, 4.69) is 0 Å². The van der Waals surface area contributed by atoms with Crippen molar-refractivity contribution in [3.8, 4) is 0 Å². The molecular weight excluding hydrogens is 733 g/mol. The summed E-state index contributed by atoms with van der Waals surface area (Å²) in [5.74, 6) is -0.0962. The summed E-state index contributed by atoms with van der Waals surface area (Å²) >= 11 is 2.96. The van der Waals surface area contributed by atoms with Gasteiger partial charge in [0.25, 0.3) is 0 Å². The third kappa shape index (κ3) is 25.7. The van der Waals surface area contributed by atoms with Crippen LogP contribution in [0, 0.1) is 17.8 Å². The molecule has 0 aliphatic rings. The zero-order chi connectivity index (χ0) is 41.0. The lowest BCUT2D eigenvalue weighted by Crippen LogP contribution is -2.15. The summed E-state index contributed by atoms with van der Waals surface area (Å²) in [6.07, 6.45) is 13.8. The van der Waals surface area contributed by atoms with Crippen LogP contribution in [-0.4, -0.2) is 85.7 Å². The number of aldehydes is 6. The summed E-state index contributed by atoms with van der Waals surface area (Å²) in [6, 6.07) is 9.98. The van der Waals surface area contributed by atoms with Gasteiger partial charge in [0.2, 0.25) is 0 Å². The molecule has 0 aliphatic heterocycles. The molecule has 0 heterocycles. The molecule has 0 saturated heterocycles. The minimum Gasteiger partial charge on any atom is -0.466 e. The fraction of sp³-hybridized carbons (Fsp3) is 0.488. The maximum atomic E-state index is 12.0. The van der Waals surface area contributed by atoms with Crippen molar-refractivity contribution in [2.75, 3.05) is 31.0 Å². The van der Waals surface area contributed by atoms with E-state index in [4.69, 9.17) is 9.47 Å². The Kier molecular flexibility index (Phi) is 34.4. The van der Waals surface area contributed by atoms with Crippen molar-refractivity contribution in [2.24, 2.45) is 17.8 Å². The van der Waals surface area contributed by atoms with Gasteiger partial charge < -0.3 is 23.9 Å². The fourth-order valence-electron chi connectivity index (χ4n) is 4.82. The van der Waals surface area contributed by atoms with Crippen molar-refractivity contribution in [3.05, 3.63) is 70.8 Å². The molecule has 11 nitrogen and oxygen atoms in total. The Bertz CT molecular complexity index is 1370. The Morgan fingerprint density at radius 3 is 1.48 bits per heavy atom. The van der Waals surface area contributed by atoms with Gasteiger partial charge in [-0.3, -0.25) is 28.8 Å². The predicted molar refractivity (Wildman–Crippen MR) is 214 cm³/mol. The van der Waals surface area contributed by atoms with Gasteiger partial charge in [-0.15, -0.1) is 0 Å². The lowest BCUT2D eigenvalue weighted by Gasteiger charge is -2.13. The van der Waals surface area contributed by atoms with Crippen LogP contribution in [0.25, 0.3) is 0 Å². The Hall–Kier alpha value is -4.23. The smallest absolute Gasteiger partial charge is 0.306 e. The van der Waals surface area contributed by atoms with Crippen molar-refractivity contribution in [3.63, 3.8) is 0 Å². The lowest BCUT2D eigenvalue weighted by atomic mass is 9.93. The first-order valence-corrected chi connectivity index (χ1v) is 20.1. The summed E-state index contributed by atoms with van der Waals surface area (Å²) in [5, 5.41) is 0.0268. The molecule has 3 atom stereocenters. The van der Waals surface area contributed by atoms with E-state index in [1.54, 1.807) is 57.7 Å². The Balaban J connectivity index is 0. The number of ether oxygens (including phenoxy) is 2. The highest BCUT2D eigenvalue weighted by Gasteiger charge is 2.20. The van der Waals surface area contributed by atoms with Gasteiger partial charge in [-0.2, -0.15) is 11.8 Å². The van der Waals surface area contributed by atoms with Crippen LogP contribution in [0.2, 0.25) is 0 Å². The third-order valence-electron chi connectivity index (χ3n) is 7.76. The van der Waals surface area contributed by atoms with Crippen molar-refractivity contribution < 1.29 is 52.6 Å². The average Bonchev–Trinajstić information content (AvgIpc) is 3.16. The zero-order valence-corrected chi connectivity index (χ0v) is 33.7. The molecule has 0 fully saturated rings. The van der Waals surface area contributed by atoms with E-state index < -0.39 is 0 Å². The maximum Gasteiger partial charge on any atom is 0.306 e. The molecule has 0 bridgehead atoms. The normalized spacial score (nSPS) is 12.9. The topological polar surface area (TPSA) is 172 Å². The van der Waals surface area contributed by atoms with Crippen LogP contribution in [0.3, 0.4) is 0 Å². The molecule has 0 saturated carbocycles. The molecule has 1 rings (SSSR count). The third-order valence-corrected chi connectivity index (χ3v) is 9.36. The first kappa shape index (κ1) is 51.9. The number of esters is 2. The molecule has 0 amide bonds. The number of benzene rings is 1. The second-order valence-electron chi connectivity index (χ2n) is 11.5. The van der Waals surface area contributed by atoms with Gasteiger partial charge in [0, 0.05) is 49.2 Å². The van der Waals surface area contributed by atoms with Gasteiger partial charge in [0.05, 0.1) is 26.1 Å². The van der Waals surface area contributed by atoms with E-state index in [9.17, 15) is 43.2 Å². The number of thioether (sulfide) groups is 2. The monoisotopic (exact) mass is 788 g/mol. The number of hydrogen-bond acceptors (Lipinski definition) is 13. The van der Waals surface area contributed by atoms with Gasteiger partial charge in [-0.1, -0.05) is 60.3 Å². The summed E-state index contributed by atoms with van der Waals surface area (Å²) in [5.41, 5.74) is 2.67. The van der Waals surface area contributed by atoms with Gasteiger partial charge >= 0.3 is 11.9 Å². The highest BCUT2D eigenvalue weighted by Crippen LogP contribution is 2.22. The molecule has 0 aromatic heterocycles. The molecule has 13 heteroatoms. The van der Waals surface area contributed by atoms with Gasteiger partial charge in [-0.05, 0) is 74.8 Å². The van der Waals surface area contributed by atoms with Crippen molar-refractivity contribution >= 4 is 78.3 Å². The first-order chi connectivity index (χ1) is 26.1. The minimum atomic E-state index is -0.384. The highest BCUT2D eigenvalue weighted by atomic mass is 32.2. The second kappa shape index (κ2) is 35.8. The predicted octanol–water partition coefficient (Wildman–Crippen LogP) is 6.54. The number of hydrogen-bond donors (Lipinski definition) is 0. The molecule has 0 N–H and O–H groups in total. The van der Waals surface area contributed by atoms with E-state index in [-0.39, 0.29) is 73.3 Å². The van der Waals surface area contributed by atoms with Gasteiger partial charge in [0.15, 0.2) is 5.12 Å². The fourth-order valence-corrected chi connectivity index (χ4v) is 6.11. The van der Waals surface area contributed by atoms with Crippen LogP contribution >= 0.6 is 23.5 Å². The second-order valence-corrected chi connectivity index (χ2v) is 13.6. The summed E-state index contributed by atoms with van der Waals surface area (Å²) in [6.45, 7) is 7.56. The van der Waals surface area contributed by atoms with E-state index in [0.717, 1.165) is 37.5 Å². The Morgan fingerprint density at radius 2 is 1.09 bits per heavy atom. The lowest BCUT2D eigenvalue weighted by molar-refractivity contribution is -0.145. The van der Waals surface area contributed by atoms with Crippen LogP contribution in [0.4, 0.5) is 0 Å². The molecule has 0 aliphatic carbocycles. The molecule has 54 heavy (non-hydrogen) atoms. The van der Waals surface area contributed by atoms with Crippen LogP contribution in [-0.2, 0) is 59.0 Å². The number of rotatable bonds is 26. The van der Waals surface area contributed by atoms with Crippen LogP contribution in [0.1, 0.15) is 78.2 Å². The number of carbonyl (C=O) groups excluding carboxylic acids is 9. The quantitative estimate of drug-likeness (QED) is 0.0429. The summed E-state index contributed by atoms with van der Waals surface area (Å²) in [4.78, 5) is 98.7. The SMILES string of the molecule is C/C=C(/C=O)[C@@H](CC=O)CC(=O)OCC.C/C=C(/C=O)[C@@H](CC=O)CC(=O)OCCCSC.C/C=C(/C=O)[C@@H](CC=O)CC(=O)SCCc1ccccc1. The van der Waals surface area contributed by atoms with Crippen molar-refractivity contribution in [2.45, 2.75) is 79.1 Å². The maximum absolute atomic E-state index is 12.0. The standard InChI is InChI=1S/C17H20O3S.C13H20O4S.C11H16O4/c1-2-15(13-19)16(8-10-18)12-17(20)21-11-9-14-6-4-3-5-7-14;1-3-11(10-15)12(5-6-14)9-13(16)17-7-4-8-18-2;1-3-9(8-13)10(5-6-12)7-11(14)15-4-2/h2-7,10,13,16H,8-9,11-12H2,1H3;3,6,10,12H,4-5,7-9H2,1-2H3;3,6,8,10H,4-5,7H2,1-2H3/b15-2-;11-3-;9-3-/t16-;12-;10-/m000/s1. The summed E-state index contributed by atoms with van der Waals surface area (Å²) in [7, 11) is 0.